The van der Waals surface area contributed by atoms with Gasteiger partial charge in [-0.1, -0.05) is 38.5 Å². The third-order valence-corrected chi connectivity index (χ3v) is 3.34. The van der Waals surface area contributed by atoms with Gasteiger partial charge < -0.3 is 0 Å². The number of hydrogen-bond donors (Lipinski definition) is 0. The molecule has 0 bridgehead atoms. The van der Waals surface area contributed by atoms with Crippen molar-refractivity contribution in [3.63, 3.8) is 0 Å². The molecular weight excluding hydrogens is 200 g/mol. The lowest BCUT2D eigenvalue weighted by Crippen LogP contribution is -2.04. The van der Waals surface area contributed by atoms with Crippen molar-refractivity contribution in [2.75, 3.05) is 0 Å². The molecule has 1 saturated carbocycles. The molecule has 0 aliphatic heterocycles. The summed E-state index contributed by atoms with van der Waals surface area (Å²) in [6.07, 6.45) is 11.9. The van der Waals surface area contributed by atoms with Gasteiger partial charge in [0.25, 0.3) is 0 Å². The Morgan fingerprint density at radius 3 is 1.12 bits per heavy atom. The fourth-order valence-electron chi connectivity index (χ4n) is 2.23. The first-order chi connectivity index (χ1) is 7.79. The van der Waals surface area contributed by atoms with E-state index < -0.39 is 0 Å². The number of carbonyl (C=O) groups is 2. The molecule has 0 aromatic heterocycles. The van der Waals surface area contributed by atoms with E-state index in [9.17, 15) is 9.59 Å². The highest BCUT2D eigenvalue weighted by atomic mass is 16.1. The Bertz CT molecular complexity index is 197. The largest absolute Gasteiger partial charge is 0.300 e. The second-order valence-electron chi connectivity index (χ2n) is 4.91. The fraction of sp³-hybridized carbons (Fsp3) is 0.857. The molecule has 2 heteroatoms. The van der Waals surface area contributed by atoms with Crippen molar-refractivity contribution in [2.24, 2.45) is 0 Å². The minimum absolute atomic E-state index is 0.283. The molecule has 0 heterocycles. The molecule has 0 radical (unpaired) electrons. The van der Waals surface area contributed by atoms with Gasteiger partial charge in [0.2, 0.25) is 0 Å². The second-order valence-corrected chi connectivity index (χ2v) is 4.91. The van der Waals surface area contributed by atoms with Gasteiger partial charge in [0.15, 0.2) is 0 Å². The lowest BCUT2D eigenvalue weighted by Gasteiger charge is -2.05. The van der Waals surface area contributed by atoms with Crippen LogP contribution in [0, 0.1) is 0 Å². The summed E-state index contributed by atoms with van der Waals surface area (Å²) >= 11 is 0. The van der Waals surface area contributed by atoms with Crippen LogP contribution in [0.2, 0.25) is 0 Å². The van der Waals surface area contributed by atoms with Crippen LogP contribution in [0.1, 0.15) is 77.0 Å². The van der Waals surface area contributed by atoms with Crippen molar-refractivity contribution in [1.82, 2.24) is 0 Å². The maximum absolute atomic E-state index is 11.4. The number of carbonyl (C=O) groups excluding carboxylic acids is 2. The van der Waals surface area contributed by atoms with Crippen LogP contribution in [0.4, 0.5) is 0 Å². The minimum atomic E-state index is 0.283. The van der Waals surface area contributed by atoms with Gasteiger partial charge in [0.1, 0.15) is 11.6 Å². The number of ketones is 2. The molecule has 0 atom stereocenters. The molecule has 92 valence electrons. The molecule has 1 fully saturated rings. The van der Waals surface area contributed by atoms with Crippen LogP contribution in [0.25, 0.3) is 0 Å². The molecule has 0 saturated heterocycles. The Kier molecular flexibility index (Phi) is 7.11. The quantitative estimate of drug-likeness (QED) is 0.627. The molecule has 1 aliphatic carbocycles. The third kappa shape index (κ3) is 6.76. The average molecular weight is 224 g/mol. The highest BCUT2D eigenvalue weighted by Gasteiger charge is 2.07. The molecule has 2 nitrogen and oxygen atoms in total. The van der Waals surface area contributed by atoms with E-state index >= 15 is 0 Å². The topological polar surface area (TPSA) is 34.1 Å². The number of Topliss-reactive ketones (excluding diaryl/α,β-unsaturated/α-hetero) is 2. The summed E-state index contributed by atoms with van der Waals surface area (Å²) in [6.45, 7) is 0. The van der Waals surface area contributed by atoms with E-state index in [1.165, 1.54) is 38.5 Å². The summed E-state index contributed by atoms with van der Waals surface area (Å²) in [5.41, 5.74) is 0. The zero-order chi connectivity index (χ0) is 11.6. The maximum Gasteiger partial charge on any atom is 0.133 e. The van der Waals surface area contributed by atoms with Crippen LogP contribution in [0.15, 0.2) is 0 Å². The molecule has 0 spiro atoms. The van der Waals surface area contributed by atoms with Gasteiger partial charge in [-0.2, -0.15) is 0 Å². The van der Waals surface area contributed by atoms with Crippen molar-refractivity contribution in [3.05, 3.63) is 0 Å². The average Bonchev–Trinajstić information content (AvgIpc) is 2.28. The highest BCUT2D eigenvalue weighted by Crippen LogP contribution is 2.13. The van der Waals surface area contributed by atoms with Crippen molar-refractivity contribution in [3.8, 4) is 0 Å². The monoisotopic (exact) mass is 224 g/mol. The van der Waals surface area contributed by atoms with Crippen LogP contribution in [0.5, 0.6) is 0 Å². The van der Waals surface area contributed by atoms with Gasteiger partial charge in [-0.15, -0.1) is 0 Å². The van der Waals surface area contributed by atoms with E-state index in [0.717, 1.165) is 12.8 Å². The predicted octanol–water partition coefficient (Wildman–Crippen LogP) is 3.82. The van der Waals surface area contributed by atoms with Gasteiger partial charge in [-0.25, -0.2) is 0 Å². The van der Waals surface area contributed by atoms with Crippen LogP contribution >= 0.6 is 0 Å². The smallest absolute Gasteiger partial charge is 0.133 e. The molecule has 0 unspecified atom stereocenters. The predicted molar refractivity (Wildman–Crippen MR) is 65.4 cm³/mol. The maximum atomic E-state index is 11.4. The Labute approximate surface area is 98.8 Å². The first-order valence-electron chi connectivity index (χ1n) is 6.82. The van der Waals surface area contributed by atoms with Gasteiger partial charge in [-0.05, 0) is 12.8 Å². The van der Waals surface area contributed by atoms with E-state index in [2.05, 4.69) is 0 Å². The summed E-state index contributed by atoms with van der Waals surface area (Å²) in [4.78, 5) is 22.9. The summed E-state index contributed by atoms with van der Waals surface area (Å²) < 4.78 is 0. The van der Waals surface area contributed by atoms with Crippen LogP contribution in [-0.4, -0.2) is 11.6 Å². The molecule has 0 aromatic rings. The van der Waals surface area contributed by atoms with Crippen LogP contribution < -0.4 is 0 Å². The molecule has 0 N–H and O–H groups in total. The van der Waals surface area contributed by atoms with E-state index in [1.807, 2.05) is 0 Å². The number of rotatable bonds is 0. The Balaban J connectivity index is 2.25. The second kappa shape index (κ2) is 8.49. The van der Waals surface area contributed by atoms with Crippen molar-refractivity contribution < 1.29 is 9.59 Å². The van der Waals surface area contributed by atoms with Crippen LogP contribution in [-0.2, 0) is 9.59 Å². The summed E-state index contributed by atoms with van der Waals surface area (Å²) in [5.74, 6) is 0.566. The van der Waals surface area contributed by atoms with Crippen molar-refractivity contribution in [1.29, 1.82) is 0 Å². The van der Waals surface area contributed by atoms with E-state index in [0.29, 0.717) is 25.7 Å². The fourth-order valence-corrected chi connectivity index (χ4v) is 2.23. The number of hydrogen-bond acceptors (Lipinski definition) is 2. The SMILES string of the molecule is O=C1CCCCCCCCCCC(=O)CC1. The Morgan fingerprint density at radius 2 is 0.750 bits per heavy atom. The molecule has 16 heavy (non-hydrogen) atoms. The lowest BCUT2D eigenvalue weighted by molar-refractivity contribution is -0.124. The lowest BCUT2D eigenvalue weighted by atomic mass is 10.00. The first kappa shape index (κ1) is 13.4. The summed E-state index contributed by atoms with van der Waals surface area (Å²) in [5, 5.41) is 0. The minimum Gasteiger partial charge on any atom is -0.300 e. The highest BCUT2D eigenvalue weighted by molar-refractivity contribution is 5.85. The molecule has 1 rings (SSSR count). The molecule has 0 amide bonds. The third-order valence-electron chi connectivity index (χ3n) is 3.34. The van der Waals surface area contributed by atoms with Crippen LogP contribution in [0.3, 0.4) is 0 Å². The molecular formula is C14H24O2. The van der Waals surface area contributed by atoms with E-state index in [1.54, 1.807) is 0 Å². The zero-order valence-corrected chi connectivity index (χ0v) is 10.3. The van der Waals surface area contributed by atoms with E-state index in [-0.39, 0.29) is 11.6 Å². The normalized spacial score (nSPS) is 22.8. The van der Waals surface area contributed by atoms with Gasteiger partial charge in [0.05, 0.1) is 0 Å². The first-order valence-corrected chi connectivity index (χ1v) is 6.82. The molecule has 0 aromatic carbocycles. The van der Waals surface area contributed by atoms with Crippen molar-refractivity contribution in [2.45, 2.75) is 77.0 Å². The van der Waals surface area contributed by atoms with E-state index in [4.69, 9.17) is 0 Å². The van der Waals surface area contributed by atoms with Gasteiger partial charge in [-0.3, -0.25) is 9.59 Å². The molecule has 1 aliphatic rings. The zero-order valence-electron chi connectivity index (χ0n) is 10.3. The van der Waals surface area contributed by atoms with Gasteiger partial charge >= 0.3 is 0 Å². The standard InChI is InChI=1S/C14H24O2/c15-13-9-7-5-3-1-2-4-6-8-10-14(16)12-11-13/h1-12H2. The Morgan fingerprint density at radius 1 is 0.438 bits per heavy atom. The summed E-state index contributed by atoms with van der Waals surface area (Å²) in [6, 6.07) is 0. The van der Waals surface area contributed by atoms with Gasteiger partial charge in [0, 0.05) is 25.7 Å². The van der Waals surface area contributed by atoms with Crippen molar-refractivity contribution >= 4 is 11.6 Å². The summed E-state index contributed by atoms with van der Waals surface area (Å²) in [7, 11) is 0. The Hall–Kier alpha value is -0.660.